The molecule has 3 heterocycles. The number of ether oxygens (including phenoxy) is 3. The molecule has 3 saturated heterocycles. The quantitative estimate of drug-likeness (QED) is 0.835. The van der Waals surface area contributed by atoms with Crippen LogP contribution in [0, 0.1) is 5.92 Å². The number of rotatable bonds is 3. The Morgan fingerprint density at radius 3 is 2.16 bits per heavy atom. The van der Waals surface area contributed by atoms with E-state index < -0.39 is 0 Å². The molecule has 6 nitrogen and oxygen atoms in total. The molecule has 0 radical (unpaired) electrons. The minimum Gasteiger partial charge on any atom is -0.378 e. The van der Waals surface area contributed by atoms with E-state index in [1.165, 1.54) is 0 Å². The molecule has 1 aromatic carbocycles. The zero-order valence-electron chi connectivity index (χ0n) is 14.6. The van der Waals surface area contributed by atoms with Crippen molar-refractivity contribution in [3.05, 3.63) is 29.8 Å². The first-order chi connectivity index (χ1) is 12.3. The van der Waals surface area contributed by atoms with Crippen molar-refractivity contribution in [1.29, 1.82) is 0 Å². The van der Waals surface area contributed by atoms with Gasteiger partial charge in [-0.1, -0.05) is 0 Å². The maximum absolute atomic E-state index is 12.7. The van der Waals surface area contributed by atoms with Gasteiger partial charge in [-0.05, 0) is 37.1 Å². The van der Waals surface area contributed by atoms with E-state index in [0.29, 0.717) is 19.1 Å². The first kappa shape index (κ1) is 16.8. The summed E-state index contributed by atoms with van der Waals surface area (Å²) < 4.78 is 16.6. The van der Waals surface area contributed by atoms with Crippen LogP contribution >= 0.6 is 0 Å². The number of anilines is 1. The van der Waals surface area contributed by atoms with E-state index in [-0.39, 0.29) is 12.2 Å². The average Bonchev–Trinajstić information content (AvgIpc) is 3.23. The first-order valence-electron chi connectivity index (χ1n) is 9.26. The molecule has 0 aromatic heterocycles. The third-order valence-electron chi connectivity index (χ3n) is 5.35. The van der Waals surface area contributed by atoms with Gasteiger partial charge in [0.1, 0.15) is 0 Å². The second-order valence-corrected chi connectivity index (χ2v) is 6.89. The van der Waals surface area contributed by atoms with Crippen LogP contribution in [0.2, 0.25) is 0 Å². The highest BCUT2D eigenvalue weighted by molar-refractivity contribution is 5.94. The van der Waals surface area contributed by atoms with Gasteiger partial charge in [-0.3, -0.25) is 4.79 Å². The van der Waals surface area contributed by atoms with E-state index in [2.05, 4.69) is 4.90 Å². The molecule has 136 valence electrons. The Kier molecular flexibility index (Phi) is 5.20. The minimum absolute atomic E-state index is 0.0648. The van der Waals surface area contributed by atoms with Gasteiger partial charge < -0.3 is 24.0 Å². The number of carbonyl (C=O) groups excluding carboxylic acids is 1. The van der Waals surface area contributed by atoms with Crippen LogP contribution < -0.4 is 4.90 Å². The summed E-state index contributed by atoms with van der Waals surface area (Å²) in [5, 5.41) is 0. The lowest BCUT2D eigenvalue weighted by Gasteiger charge is -2.34. The average molecular weight is 346 g/mol. The van der Waals surface area contributed by atoms with Crippen LogP contribution in [-0.4, -0.2) is 69.7 Å². The van der Waals surface area contributed by atoms with Gasteiger partial charge in [0, 0.05) is 43.3 Å². The smallest absolute Gasteiger partial charge is 0.253 e. The van der Waals surface area contributed by atoms with Crippen molar-refractivity contribution in [1.82, 2.24) is 4.90 Å². The molecule has 4 rings (SSSR count). The number of amides is 1. The molecule has 25 heavy (non-hydrogen) atoms. The summed E-state index contributed by atoms with van der Waals surface area (Å²) in [6, 6.07) is 7.99. The van der Waals surface area contributed by atoms with Gasteiger partial charge in [-0.2, -0.15) is 0 Å². The molecule has 0 unspecified atom stereocenters. The van der Waals surface area contributed by atoms with Crippen LogP contribution in [0.1, 0.15) is 23.2 Å². The van der Waals surface area contributed by atoms with Gasteiger partial charge in [0.05, 0.1) is 26.4 Å². The van der Waals surface area contributed by atoms with Crippen molar-refractivity contribution in [2.24, 2.45) is 5.92 Å². The molecular weight excluding hydrogens is 320 g/mol. The summed E-state index contributed by atoms with van der Waals surface area (Å²) >= 11 is 0. The zero-order valence-corrected chi connectivity index (χ0v) is 14.6. The van der Waals surface area contributed by atoms with E-state index in [0.717, 1.165) is 63.5 Å². The molecule has 0 N–H and O–H groups in total. The summed E-state index contributed by atoms with van der Waals surface area (Å²) in [4.78, 5) is 17.0. The summed E-state index contributed by atoms with van der Waals surface area (Å²) in [7, 11) is 0. The minimum atomic E-state index is -0.0648. The Morgan fingerprint density at radius 1 is 0.880 bits per heavy atom. The Hall–Kier alpha value is -1.63. The Bertz CT molecular complexity index is 572. The number of hydrogen-bond acceptors (Lipinski definition) is 5. The molecular formula is C19H26N2O4. The van der Waals surface area contributed by atoms with E-state index in [1.54, 1.807) is 0 Å². The third-order valence-corrected chi connectivity index (χ3v) is 5.35. The zero-order chi connectivity index (χ0) is 17.1. The van der Waals surface area contributed by atoms with Gasteiger partial charge in [0.25, 0.3) is 5.91 Å². The number of carbonyl (C=O) groups is 1. The number of likely N-dealkylation sites (tertiary alicyclic amines) is 1. The van der Waals surface area contributed by atoms with Crippen molar-refractivity contribution in [3.63, 3.8) is 0 Å². The molecule has 1 aromatic rings. The number of nitrogens with zero attached hydrogens (tertiary/aromatic N) is 2. The Balaban J connectivity index is 1.33. The first-order valence-corrected chi connectivity index (χ1v) is 9.26. The van der Waals surface area contributed by atoms with Crippen molar-refractivity contribution >= 4 is 11.6 Å². The fourth-order valence-electron chi connectivity index (χ4n) is 3.84. The summed E-state index contributed by atoms with van der Waals surface area (Å²) in [6.45, 7) is 6.29. The van der Waals surface area contributed by atoms with E-state index in [4.69, 9.17) is 14.2 Å². The maximum atomic E-state index is 12.7. The number of morpholine rings is 1. The summed E-state index contributed by atoms with van der Waals surface area (Å²) in [5.74, 6) is 0.537. The lowest BCUT2D eigenvalue weighted by atomic mass is 9.95. The van der Waals surface area contributed by atoms with E-state index in [1.807, 2.05) is 29.2 Å². The number of hydrogen-bond donors (Lipinski definition) is 0. The van der Waals surface area contributed by atoms with Crippen LogP contribution in [-0.2, 0) is 14.2 Å². The van der Waals surface area contributed by atoms with Crippen LogP contribution in [0.5, 0.6) is 0 Å². The maximum Gasteiger partial charge on any atom is 0.253 e. The molecule has 0 saturated carbocycles. The molecule has 1 amide bonds. The molecule has 0 spiro atoms. The SMILES string of the molecule is O=C(c1ccc(N2CCOCC2)cc1)N1CCC(C2OCCO2)CC1. The van der Waals surface area contributed by atoms with Crippen LogP contribution in [0.3, 0.4) is 0 Å². The van der Waals surface area contributed by atoms with Crippen molar-refractivity contribution in [3.8, 4) is 0 Å². The standard InChI is InChI=1S/C19H26N2O4/c22-18(21-7-5-16(6-8-21)19-24-13-14-25-19)15-1-3-17(4-2-15)20-9-11-23-12-10-20/h1-4,16,19H,5-14H2. The van der Waals surface area contributed by atoms with Gasteiger partial charge >= 0.3 is 0 Å². The molecule has 0 bridgehead atoms. The second kappa shape index (κ2) is 7.72. The number of piperidine rings is 1. The molecule has 0 atom stereocenters. The molecule has 0 aliphatic carbocycles. The molecule has 3 aliphatic rings. The lowest BCUT2D eigenvalue weighted by Crippen LogP contribution is -2.41. The predicted molar refractivity (Wildman–Crippen MR) is 93.8 cm³/mol. The highest BCUT2D eigenvalue weighted by Gasteiger charge is 2.32. The fraction of sp³-hybridized carbons (Fsp3) is 0.632. The third kappa shape index (κ3) is 3.81. The summed E-state index contributed by atoms with van der Waals surface area (Å²) in [6.07, 6.45) is 1.83. The van der Waals surface area contributed by atoms with Gasteiger partial charge in [0.15, 0.2) is 6.29 Å². The predicted octanol–water partition coefficient (Wildman–Crippen LogP) is 1.75. The highest BCUT2D eigenvalue weighted by Crippen LogP contribution is 2.27. The van der Waals surface area contributed by atoms with E-state index in [9.17, 15) is 4.79 Å². The van der Waals surface area contributed by atoms with Crippen LogP contribution in [0.15, 0.2) is 24.3 Å². The monoisotopic (exact) mass is 346 g/mol. The fourth-order valence-corrected chi connectivity index (χ4v) is 3.84. The normalized spacial score (nSPS) is 23.2. The topological polar surface area (TPSA) is 51.2 Å². The highest BCUT2D eigenvalue weighted by atomic mass is 16.7. The van der Waals surface area contributed by atoms with Crippen molar-refractivity contribution in [2.45, 2.75) is 19.1 Å². The van der Waals surface area contributed by atoms with Gasteiger partial charge in [-0.25, -0.2) is 0 Å². The van der Waals surface area contributed by atoms with Gasteiger partial charge in [0.2, 0.25) is 0 Å². The van der Waals surface area contributed by atoms with Gasteiger partial charge in [-0.15, -0.1) is 0 Å². The second-order valence-electron chi connectivity index (χ2n) is 6.89. The largest absolute Gasteiger partial charge is 0.378 e. The Labute approximate surface area is 148 Å². The lowest BCUT2D eigenvalue weighted by molar-refractivity contribution is -0.0956. The van der Waals surface area contributed by atoms with Crippen molar-refractivity contribution in [2.75, 3.05) is 57.5 Å². The molecule has 3 fully saturated rings. The summed E-state index contributed by atoms with van der Waals surface area (Å²) in [5.41, 5.74) is 1.93. The van der Waals surface area contributed by atoms with Crippen molar-refractivity contribution < 1.29 is 19.0 Å². The molecule has 6 heteroatoms. The van der Waals surface area contributed by atoms with Crippen LogP contribution in [0.4, 0.5) is 5.69 Å². The number of benzene rings is 1. The molecule has 3 aliphatic heterocycles. The Morgan fingerprint density at radius 2 is 1.52 bits per heavy atom. The van der Waals surface area contributed by atoms with E-state index >= 15 is 0 Å². The van der Waals surface area contributed by atoms with Crippen LogP contribution in [0.25, 0.3) is 0 Å².